The van der Waals surface area contributed by atoms with E-state index in [0.717, 1.165) is 20.2 Å². The van der Waals surface area contributed by atoms with Crippen LogP contribution in [0.2, 0.25) is 0 Å². The summed E-state index contributed by atoms with van der Waals surface area (Å²) in [6.45, 7) is 1.04. The van der Waals surface area contributed by atoms with E-state index >= 15 is 0 Å². The van der Waals surface area contributed by atoms with Crippen LogP contribution in [0.3, 0.4) is 0 Å². The van der Waals surface area contributed by atoms with E-state index in [9.17, 15) is 9.59 Å². The summed E-state index contributed by atoms with van der Waals surface area (Å²) in [6.07, 6.45) is 0. The van der Waals surface area contributed by atoms with Crippen molar-refractivity contribution in [1.29, 1.82) is 0 Å². The number of nitrogens with zero attached hydrogens (tertiary/aromatic N) is 2. The van der Waals surface area contributed by atoms with Gasteiger partial charge in [0.15, 0.2) is 0 Å². The van der Waals surface area contributed by atoms with Crippen molar-refractivity contribution in [3.63, 3.8) is 0 Å². The Hall–Kier alpha value is -2.18. The van der Waals surface area contributed by atoms with E-state index < -0.39 is 0 Å². The standard InChI is InChI=1S/C16H12N2O2S2/c19-15-11-5-1-3-7-13(11)21-17(15)9-10-18-16(20)12-6-2-4-8-14(12)22-18/h1-8H,9-10H2. The first-order valence-electron chi connectivity index (χ1n) is 6.92. The number of fused-ring (bicyclic) bond motifs is 2. The van der Waals surface area contributed by atoms with Crippen LogP contribution in [0.1, 0.15) is 0 Å². The van der Waals surface area contributed by atoms with Crippen LogP contribution in [-0.2, 0) is 13.1 Å². The van der Waals surface area contributed by atoms with Crippen LogP contribution in [0.25, 0.3) is 20.2 Å². The average molecular weight is 328 g/mol. The van der Waals surface area contributed by atoms with E-state index in [1.54, 1.807) is 7.91 Å². The van der Waals surface area contributed by atoms with Crippen molar-refractivity contribution in [2.75, 3.05) is 0 Å². The molecule has 4 aromatic rings. The molecule has 0 aliphatic heterocycles. The zero-order chi connectivity index (χ0) is 15.1. The lowest BCUT2D eigenvalue weighted by molar-refractivity contribution is 0.623. The number of benzene rings is 2. The number of aromatic nitrogens is 2. The first-order chi connectivity index (χ1) is 10.7. The second-order valence-corrected chi connectivity index (χ2v) is 7.12. The molecule has 2 heterocycles. The molecule has 0 atom stereocenters. The molecule has 2 aromatic carbocycles. The lowest BCUT2D eigenvalue weighted by Crippen LogP contribution is -2.20. The van der Waals surface area contributed by atoms with Crippen LogP contribution in [0, 0.1) is 0 Å². The highest BCUT2D eigenvalue weighted by molar-refractivity contribution is 7.14. The Balaban J connectivity index is 1.68. The topological polar surface area (TPSA) is 44.0 Å². The van der Waals surface area contributed by atoms with Crippen molar-refractivity contribution in [3.05, 3.63) is 69.2 Å². The molecule has 0 radical (unpaired) electrons. The molecule has 22 heavy (non-hydrogen) atoms. The molecule has 0 bridgehead atoms. The van der Waals surface area contributed by atoms with Gasteiger partial charge in [-0.2, -0.15) is 0 Å². The summed E-state index contributed by atoms with van der Waals surface area (Å²) in [5.74, 6) is 0. The first-order valence-corrected chi connectivity index (χ1v) is 8.46. The monoisotopic (exact) mass is 328 g/mol. The van der Waals surface area contributed by atoms with E-state index in [0.29, 0.717) is 13.1 Å². The molecule has 0 aliphatic rings. The van der Waals surface area contributed by atoms with Crippen molar-refractivity contribution in [3.8, 4) is 0 Å². The molecule has 0 N–H and O–H groups in total. The maximum Gasteiger partial charge on any atom is 0.268 e. The minimum absolute atomic E-state index is 0.0229. The fourth-order valence-corrected chi connectivity index (χ4v) is 4.48. The summed E-state index contributed by atoms with van der Waals surface area (Å²) in [4.78, 5) is 24.6. The van der Waals surface area contributed by atoms with Crippen molar-refractivity contribution >= 4 is 43.2 Å². The summed E-state index contributed by atoms with van der Waals surface area (Å²) in [5, 5.41) is 1.49. The number of aryl methyl sites for hydroxylation is 2. The van der Waals surface area contributed by atoms with Gasteiger partial charge in [-0.25, -0.2) is 0 Å². The van der Waals surface area contributed by atoms with Crippen LogP contribution in [-0.4, -0.2) is 7.91 Å². The summed E-state index contributed by atoms with van der Waals surface area (Å²) in [5.41, 5.74) is 0.0459. The van der Waals surface area contributed by atoms with Crippen molar-refractivity contribution < 1.29 is 0 Å². The van der Waals surface area contributed by atoms with Gasteiger partial charge in [-0.05, 0) is 24.3 Å². The van der Waals surface area contributed by atoms with Crippen LogP contribution in [0.4, 0.5) is 0 Å². The van der Waals surface area contributed by atoms with E-state index in [2.05, 4.69) is 0 Å². The smallest absolute Gasteiger partial charge is 0.268 e. The number of rotatable bonds is 3. The minimum Gasteiger partial charge on any atom is -0.268 e. The minimum atomic E-state index is 0.0229. The molecule has 4 rings (SSSR count). The predicted octanol–water partition coefficient (Wildman–Crippen LogP) is 3.14. The molecule has 2 aromatic heterocycles. The van der Waals surface area contributed by atoms with Crippen LogP contribution in [0.15, 0.2) is 58.1 Å². The second kappa shape index (κ2) is 5.23. The maximum atomic E-state index is 12.3. The molecule has 0 aliphatic carbocycles. The first kappa shape index (κ1) is 13.5. The van der Waals surface area contributed by atoms with Gasteiger partial charge in [-0.1, -0.05) is 47.3 Å². The molecule has 0 amide bonds. The Morgan fingerprint density at radius 1 is 0.682 bits per heavy atom. The maximum absolute atomic E-state index is 12.3. The third-order valence-electron chi connectivity index (χ3n) is 3.61. The Labute approximate surface area is 133 Å². The van der Waals surface area contributed by atoms with Crippen LogP contribution in [0.5, 0.6) is 0 Å². The third kappa shape index (κ3) is 2.12. The van der Waals surface area contributed by atoms with E-state index in [4.69, 9.17) is 0 Å². The van der Waals surface area contributed by atoms with E-state index in [-0.39, 0.29) is 11.1 Å². The molecule has 110 valence electrons. The second-order valence-electron chi connectivity index (χ2n) is 4.99. The van der Waals surface area contributed by atoms with E-state index in [1.165, 1.54) is 23.1 Å². The van der Waals surface area contributed by atoms with Gasteiger partial charge in [0.05, 0.1) is 33.3 Å². The van der Waals surface area contributed by atoms with Crippen LogP contribution < -0.4 is 11.1 Å². The summed E-state index contributed by atoms with van der Waals surface area (Å²) in [6, 6.07) is 15.2. The van der Waals surface area contributed by atoms with Crippen LogP contribution >= 0.6 is 23.1 Å². The summed E-state index contributed by atoms with van der Waals surface area (Å²) in [7, 11) is 0. The lowest BCUT2D eigenvalue weighted by atomic mass is 10.3. The fourth-order valence-electron chi connectivity index (χ4n) is 2.51. The normalized spacial score (nSPS) is 11.5. The largest absolute Gasteiger partial charge is 0.268 e. The quantitative estimate of drug-likeness (QED) is 0.580. The van der Waals surface area contributed by atoms with Gasteiger partial charge in [0.25, 0.3) is 11.1 Å². The zero-order valence-corrected chi connectivity index (χ0v) is 13.2. The molecule has 6 heteroatoms. The molecule has 0 spiro atoms. The Morgan fingerprint density at radius 2 is 1.09 bits per heavy atom. The average Bonchev–Trinajstić information content (AvgIpc) is 3.04. The van der Waals surface area contributed by atoms with Crippen molar-refractivity contribution in [2.45, 2.75) is 13.1 Å². The van der Waals surface area contributed by atoms with E-state index in [1.807, 2.05) is 48.5 Å². The highest BCUT2D eigenvalue weighted by atomic mass is 32.1. The number of hydrogen-bond acceptors (Lipinski definition) is 4. The molecule has 0 fully saturated rings. The molecule has 0 unspecified atom stereocenters. The number of hydrogen-bond donors (Lipinski definition) is 0. The Bertz CT molecular complexity index is 997. The summed E-state index contributed by atoms with van der Waals surface area (Å²) >= 11 is 2.90. The summed E-state index contributed by atoms with van der Waals surface area (Å²) < 4.78 is 5.41. The highest BCUT2D eigenvalue weighted by Gasteiger charge is 2.09. The lowest BCUT2D eigenvalue weighted by Gasteiger charge is -2.00. The van der Waals surface area contributed by atoms with Gasteiger partial charge in [-0.15, -0.1) is 0 Å². The van der Waals surface area contributed by atoms with Crippen molar-refractivity contribution in [2.24, 2.45) is 0 Å². The SMILES string of the molecule is O=c1c2ccccc2sn1CCn1sc2ccccc2c1=O. The highest BCUT2D eigenvalue weighted by Crippen LogP contribution is 2.18. The third-order valence-corrected chi connectivity index (χ3v) is 5.85. The molecule has 4 nitrogen and oxygen atoms in total. The zero-order valence-electron chi connectivity index (χ0n) is 11.6. The Morgan fingerprint density at radius 3 is 1.50 bits per heavy atom. The fraction of sp³-hybridized carbons (Fsp3) is 0.125. The van der Waals surface area contributed by atoms with Crippen molar-refractivity contribution in [1.82, 2.24) is 7.91 Å². The molecule has 0 saturated heterocycles. The molecular weight excluding hydrogens is 316 g/mol. The van der Waals surface area contributed by atoms with Gasteiger partial charge < -0.3 is 0 Å². The molecule has 0 saturated carbocycles. The Kier molecular flexibility index (Phi) is 3.20. The van der Waals surface area contributed by atoms with Gasteiger partial charge in [0.1, 0.15) is 0 Å². The van der Waals surface area contributed by atoms with Gasteiger partial charge >= 0.3 is 0 Å². The molecular formula is C16H12N2O2S2. The van der Waals surface area contributed by atoms with Gasteiger partial charge in [0, 0.05) is 0 Å². The predicted molar refractivity (Wildman–Crippen MR) is 92.2 cm³/mol. The van der Waals surface area contributed by atoms with Gasteiger partial charge in [0.2, 0.25) is 0 Å². The van der Waals surface area contributed by atoms with Gasteiger partial charge in [-0.3, -0.25) is 17.5 Å².